The fourth-order valence-corrected chi connectivity index (χ4v) is 1.77. The Morgan fingerprint density at radius 2 is 2.17 bits per heavy atom. The van der Waals surface area contributed by atoms with E-state index in [1.54, 1.807) is 19.2 Å². The first-order chi connectivity index (χ1) is 8.60. The minimum atomic E-state index is -0.396. The topological polar surface area (TPSA) is 59.8 Å². The van der Waals surface area contributed by atoms with Crippen LogP contribution in [0.1, 0.15) is 5.69 Å². The molecule has 0 spiro atoms. The van der Waals surface area contributed by atoms with Crippen LogP contribution < -0.4 is 11.0 Å². The van der Waals surface area contributed by atoms with Crippen LogP contribution in [0.25, 0.3) is 0 Å². The van der Waals surface area contributed by atoms with Gasteiger partial charge in [-0.1, -0.05) is 23.2 Å². The minimum absolute atomic E-state index is 0.223. The highest BCUT2D eigenvalue weighted by molar-refractivity contribution is 6.31. The van der Waals surface area contributed by atoms with Crippen LogP contribution in [-0.2, 0) is 6.54 Å². The van der Waals surface area contributed by atoms with Gasteiger partial charge < -0.3 is 5.32 Å². The summed E-state index contributed by atoms with van der Waals surface area (Å²) < 4.78 is 1.36. The molecule has 0 aliphatic rings. The molecule has 0 atom stereocenters. The molecule has 2 aromatic rings. The van der Waals surface area contributed by atoms with Crippen LogP contribution in [0.5, 0.6) is 0 Å². The zero-order valence-corrected chi connectivity index (χ0v) is 11.0. The molecule has 18 heavy (non-hydrogen) atoms. The fraction of sp³-hybridized carbons (Fsp3) is 0.182. The number of pyridine rings is 1. The van der Waals surface area contributed by atoms with Crippen LogP contribution >= 0.6 is 23.2 Å². The first kappa shape index (κ1) is 12.9. The second-order valence-electron chi connectivity index (χ2n) is 3.56. The largest absolute Gasteiger partial charge is 0.373 e. The molecule has 1 N–H and O–H groups in total. The highest BCUT2D eigenvalue weighted by Crippen LogP contribution is 2.17. The molecule has 0 fully saturated rings. The first-order valence-electron chi connectivity index (χ1n) is 5.15. The first-order valence-corrected chi connectivity index (χ1v) is 5.91. The Labute approximate surface area is 113 Å². The van der Waals surface area contributed by atoms with Gasteiger partial charge in [-0.15, -0.1) is 0 Å². The van der Waals surface area contributed by atoms with Crippen LogP contribution in [0.15, 0.2) is 29.3 Å². The van der Waals surface area contributed by atoms with Crippen molar-refractivity contribution in [2.24, 2.45) is 0 Å². The third-order valence-electron chi connectivity index (χ3n) is 2.32. The van der Waals surface area contributed by atoms with Crippen molar-refractivity contribution in [3.8, 4) is 0 Å². The Balaban J connectivity index is 2.39. The van der Waals surface area contributed by atoms with Crippen molar-refractivity contribution in [2.75, 3.05) is 12.4 Å². The Morgan fingerprint density at radius 1 is 1.39 bits per heavy atom. The van der Waals surface area contributed by atoms with E-state index in [1.165, 1.54) is 17.0 Å². The summed E-state index contributed by atoms with van der Waals surface area (Å²) in [7, 11) is 1.76. The molecule has 94 valence electrons. The lowest BCUT2D eigenvalue weighted by Crippen LogP contribution is -2.23. The molecule has 0 bridgehead atoms. The summed E-state index contributed by atoms with van der Waals surface area (Å²) in [4.78, 5) is 19.5. The van der Waals surface area contributed by atoms with E-state index in [0.29, 0.717) is 21.6 Å². The standard InChI is InChI=1S/C11H10Cl2N4O/c1-14-10-3-2-8(13)9(16-10)6-17-5-7(12)4-15-11(17)18/h2-5H,6H2,1H3,(H,14,16). The van der Waals surface area contributed by atoms with Gasteiger partial charge in [-0.3, -0.25) is 4.57 Å². The van der Waals surface area contributed by atoms with Gasteiger partial charge in [-0.25, -0.2) is 14.8 Å². The summed E-state index contributed by atoms with van der Waals surface area (Å²) in [5, 5.41) is 3.78. The lowest BCUT2D eigenvalue weighted by atomic mass is 10.3. The SMILES string of the molecule is CNc1ccc(Cl)c(Cn2cc(Cl)cnc2=O)n1. The van der Waals surface area contributed by atoms with E-state index in [0.717, 1.165) is 0 Å². The second-order valence-corrected chi connectivity index (χ2v) is 4.40. The quantitative estimate of drug-likeness (QED) is 0.937. The van der Waals surface area contributed by atoms with E-state index in [-0.39, 0.29) is 6.54 Å². The summed E-state index contributed by atoms with van der Waals surface area (Å²) >= 11 is 11.8. The molecule has 0 saturated carbocycles. The van der Waals surface area contributed by atoms with Crippen molar-refractivity contribution < 1.29 is 0 Å². The van der Waals surface area contributed by atoms with Gasteiger partial charge in [0.25, 0.3) is 0 Å². The van der Waals surface area contributed by atoms with Gasteiger partial charge in [-0.05, 0) is 12.1 Å². The van der Waals surface area contributed by atoms with Gasteiger partial charge in [-0.2, -0.15) is 0 Å². The lowest BCUT2D eigenvalue weighted by molar-refractivity contribution is 0.712. The van der Waals surface area contributed by atoms with Gasteiger partial charge in [0.15, 0.2) is 0 Å². The molecule has 2 aromatic heterocycles. The third kappa shape index (κ3) is 2.80. The van der Waals surface area contributed by atoms with E-state index >= 15 is 0 Å². The third-order valence-corrected chi connectivity index (χ3v) is 2.86. The minimum Gasteiger partial charge on any atom is -0.373 e. The van der Waals surface area contributed by atoms with E-state index in [1.807, 2.05) is 0 Å². The summed E-state index contributed by atoms with van der Waals surface area (Å²) in [6, 6.07) is 3.48. The van der Waals surface area contributed by atoms with Gasteiger partial charge >= 0.3 is 5.69 Å². The Kier molecular flexibility index (Phi) is 3.84. The smallest absolute Gasteiger partial charge is 0.347 e. The van der Waals surface area contributed by atoms with Crippen LogP contribution in [0, 0.1) is 0 Å². The summed E-state index contributed by atoms with van der Waals surface area (Å²) in [5.41, 5.74) is 0.182. The van der Waals surface area contributed by atoms with E-state index in [2.05, 4.69) is 15.3 Å². The molecule has 0 aliphatic carbocycles. The average molecular weight is 285 g/mol. The Bertz CT molecular complexity index is 627. The molecule has 2 heterocycles. The summed E-state index contributed by atoms with van der Waals surface area (Å²) in [6.45, 7) is 0.223. The van der Waals surface area contributed by atoms with Crippen LogP contribution in [0.4, 0.5) is 5.82 Å². The number of aromatic nitrogens is 3. The molecule has 0 aliphatic heterocycles. The van der Waals surface area contributed by atoms with Gasteiger partial charge in [0.2, 0.25) is 0 Å². The normalized spacial score (nSPS) is 10.4. The van der Waals surface area contributed by atoms with Crippen molar-refractivity contribution in [1.82, 2.24) is 14.5 Å². The molecular formula is C11H10Cl2N4O. The second kappa shape index (κ2) is 5.37. The number of nitrogens with one attached hydrogen (secondary N) is 1. The number of hydrogen-bond donors (Lipinski definition) is 1. The van der Waals surface area contributed by atoms with Crippen LogP contribution in [0.2, 0.25) is 10.0 Å². The van der Waals surface area contributed by atoms with Crippen molar-refractivity contribution in [3.05, 3.63) is 50.7 Å². The Morgan fingerprint density at radius 3 is 2.89 bits per heavy atom. The molecule has 0 amide bonds. The molecule has 0 radical (unpaired) electrons. The molecule has 5 nitrogen and oxygen atoms in total. The monoisotopic (exact) mass is 284 g/mol. The number of anilines is 1. The molecule has 2 rings (SSSR count). The number of halogens is 2. The molecule has 0 unspecified atom stereocenters. The number of nitrogens with zero attached hydrogens (tertiary/aromatic N) is 3. The summed E-state index contributed by atoms with van der Waals surface area (Å²) in [5.74, 6) is 0.678. The van der Waals surface area contributed by atoms with Gasteiger partial charge in [0.05, 0.1) is 28.5 Å². The maximum atomic E-state index is 11.5. The van der Waals surface area contributed by atoms with E-state index in [4.69, 9.17) is 23.2 Å². The highest BCUT2D eigenvalue weighted by atomic mass is 35.5. The highest BCUT2D eigenvalue weighted by Gasteiger charge is 2.06. The molecule has 0 aromatic carbocycles. The maximum Gasteiger partial charge on any atom is 0.347 e. The van der Waals surface area contributed by atoms with Crippen molar-refractivity contribution in [2.45, 2.75) is 6.54 Å². The number of rotatable bonds is 3. The zero-order valence-electron chi connectivity index (χ0n) is 9.52. The molecular weight excluding hydrogens is 275 g/mol. The van der Waals surface area contributed by atoms with E-state index in [9.17, 15) is 4.79 Å². The predicted molar refractivity (Wildman–Crippen MR) is 71.4 cm³/mol. The lowest BCUT2D eigenvalue weighted by Gasteiger charge is -2.08. The predicted octanol–water partition coefficient (Wildman–Crippen LogP) is 2.04. The molecule has 0 saturated heterocycles. The zero-order chi connectivity index (χ0) is 13.1. The van der Waals surface area contributed by atoms with Crippen molar-refractivity contribution >= 4 is 29.0 Å². The van der Waals surface area contributed by atoms with Crippen molar-refractivity contribution in [3.63, 3.8) is 0 Å². The van der Waals surface area contributed by atoms with Crippen LogP contribution in [-0.4, -0.2) is 21.6 Å². The maximum absolute atomic E-state index is 11.5. The van der Waals surface area contributed by atoms with Crippen LogP contribution in [0.3, 0.4) is 0 Å². The van der Waals surface area contributed by atoms with Gasteiger partial charge in [0, 0.05) is 13.2 Å². The van der Waals surface area contributed by atoms with Crippen molar-refractivity contribution in [1.29, 1.82) is 0 Å². The number of hydrogen-bond acceptors (Lipinski definition) is 4. The van der Waals surface area contributed by atoms with E-state index < -0.39 is 5.69 Å². The van der Waals surface area contributed by atoms with Gasteiger partial charge in [0.1, 0.15) is 5.82 Å². The summed E-state index contributed by atoms with van der Waals surface area (Å²) in [6.07, 6.45) is 2.81. The Hall–Kier alpha value is -1.59. The fourth-order valence-electron chi connectivity index (χ4n) is 1.44. The average Bonchev–Trinajstić information content (AvgIpc) is 2.36. The molecule has 7 heteroatoms.